The van der Waals surface area contributed by atoms with Crippen LogP contribution in [0.3, 0.4) is 0 Å². The Balaban J connectivity index is 1.04. The zero-order chi connectivity index (χ0) is 39.4. The van der Waals surface area contributed by atoms with E-state index in [1.807, 2.05) is 0 Å². The molecule has 1 aromatic rings. The molecule has 0 spiro atoms. The minimum Gasteiger partial charge on any atom is -0.379 e. The van der Waals surface area contributed by atoms with Crippen LogP contribution in [-0.2, 0) is 38.1 Å². The summed E-state index contributed by atoms with van der Waals surface area (Å²) < 4.78 is 27.9. The standard InChI is InChI=1S/C42H67N3O10/c1-2-3-4-5-6-7-8-9-10-11-12-13-16-24-51-26-28-53-30-32-55-33-31-54-29-27-52-25-17-14-15-21-37(46)43-35-20-18-19-34-39(35)42(50)45(41(34)49)36-22-23-38(47)44-40(36)48/h18-20,36H,2-17,21-33H2,1H3,(H,43,46)(H,44,47,48). The lowest BCUT2D eigenvalue weighted by Crippen LogP contribution is -2.54. The minimum atomic E-state index is -1.06. The van der Waals surface area contributed by atoms with Gasteiger partial charge in [0, 0.05) is 26.1 Å². The highest BCUT2D eigenvalue weighted by Gasteiger charge is 2.45. The Morgan fingerprint density at radius 2 is 1.11 bits per heavy atom. The van der Waals surface area contributed by atoms with Crippen molar-refractivity contribution in [3.05, 3.63) is 29.3 Å². The first-order valence-corrected chi connectivity index (χ1v) is 21.0. The molecule has 2 N–H and O–H groups in total. The fourth-order valence-electron chi connectivity index (χ4n) is 6.70. The molecule has 1 atom stereocenters. The van der Waals surface area contributed by atoms with Crippen molar-refractivity contribution in [3.8, 4) is 0 Å². The molecule has 2 aliphatic heterocycles. The first-order chi connectivity index (χ1) is 26.9. The lowest BCUT2D eigenvalue weighted by molar-refractivity contribution is -0.136. The SMILES string of the molecule is CCCCCCCCCCCCCCCOCCOCCOCCOCCOCCCCCC(=O)Nc1cccc2c1C(=O)N(C1CCC(=O)NC1=O)C2=O. The largest absolute Gasteiger partial charge is 0.379 e. The van der Waals surface area contributed by atoms with E-state index in [1.54, 1.807) is 12.1 Å². The number of rotatable bonds is 34. The Bertz CT molecular complexity index is 1290. The van der Waals surface area contributed by atoms with Crippen LogP contribution >= 0.6 is 0 Å². The summed E-state index contributed by atoms with van der Waals surface area (Å²) >= 11 is 0. The molecule has 0 aliphatic carbocycles. The quantitative estimate of drug-likeness (QED) is 0.0566. The Hall–Kier alpha value is -3.23. The van der Waals surface area contributed by atoms with Gasteiger partial charge in [-0.05, 0) is 37.8 Å². The molecule has 0 aromatic heterocycles. The molecular weight excluding hydrogens is 706 g/mol. The van der Waals surface area contributed by atoms with Crippen molar-refractivity contribution in [2.24, 2.45) is 0 Å². The molecule has 2 aliphatic rings. The van der Waals surface area contributed by atoms with Gasteiger partial charge in [-0.25, -0.2) is 0 Å². The van der Waals surface area contributed by atoms with Crippen molar-refractivity contribution in [3.63, 3.8) is 0 Å². The predicted molar refractivity (Wildman–Crippen MR) is 210 cm³/mol. The van der Waals surface area contributed by atoms with Crippen LogP contribution in [0.2, 0.25) is 0 Å². The maximum absolute atomic E-state index is 13.2. The number of imide groups is 2. The number of carbonyl (C=O) groups is 5. The summed E-state index contributed by atoms with van der Waals surface area (Å²) in [7, 11) is 0. The minimum absolute atomic E-state index is 0.0368. The number of ether oxygens (including phenoxy) is 5. The molecule has 1 saturated heterocycles. The fourth-order valence-corrected chi connectivity index (χ4v) is 6.70. The Morgan fingerprint density at radius 3 is 1.62 bits per heavy atom. The van der Waals surface area contributed by atoms with Crippen LogP contribution in [0.25, 0.3) is 0 Å². The van der Waals surface area contributed by atoms with Crippen molar-refractivity contribution in [1.82, 2.24) is 10.2 Å². The van der Waals surface area contributed by atoms with E-state index in [1.165, 1.54) is 83.1 Å². The van der Waals surface area contributed by atoms with E-state index in [0.29, 0.717) is 65.9 Å². The molecule has 0 bridgehead atoms. The van der Waals surface area contributed by atoms with Gasteiger partial charge in [0.1, 0.15) is 6.04 Å². The van der Waals surface area contributed by atoms with Gasteiger partial charge in [-0.1, -0.05) is 96.5 Å². The highest BCUT2D eigenvalue weighted by Crippen LogP contribution is 2.32. The van der Waals surface area contributed by atoms with Crippen LogP contribution in [0, 0.1) is 0 Å². The second-order valence-electron chi connectivity index (χ2n) is 14.3. The van der Waals surface area contributed by atoms with Gasteiger partial charge in [-0.3, -0.25) is 34.2 Å². The summed E-state index contributed by atoms with van der Waals surface area (Å²) in [4.78, 5) is 63.5. The topological polar surface area (TPSA) is 159 Å². The van der Waals surface area contributed by atoms with Crippen LogP contribution < -0.4 is 10.6 Å². The van der Waals surface area contributed by atoms with Crippen molar-refractivity contribution in [2.45, 2.75) is 135 Å². The van der Waals surface area contributed by atoms with E-state index in [9.17, 15) is 24.0 Å². The summed E-state index contributed by atoms with van der Waals surface area (Å²) in [5, 5.41) is 4.92. The highest BCUT2D eigenvalue weighted by molar-refractivity contribution is 6.26. The molecule has 310 valence electrons. The molecule has 0 radical (unpaired) electrons. The second-order valence-corrected chi connectivity index (χ2v) is 14.3. The first kappa shape index (κ1) is 46.2. The Kier molecular flexibility index (Phi) is 24.4. The second kappa shape index (κ2) is 29.1. The van der Waals surface area contributed by atoms with E-state index in [0.717, 1.165) is 30.8 Å². The lowest BCUT2D eigenvalue weighted by atomic mass is 10.0. The van der Waals surface area contributed by atoms with Gasteiger partial charge in [0.05, 0.1) is 69.7 Å². The van der Waals surface area contributed by atoms with Crippen molar-refractivity contribution in [1.29, 1.82) is 0 Å². The molecule has 5 amide bonds. The summed E-state index contributed by atoms with van der Waals surface area (Å²) in [6.07, 6.45) is 20.1. The van der Waals surface area contributed by atoms with Gasteiger partial charge in [-0.2, -0.15) is 0 Å². The van der Waals surface area contributed by atoms with E-state index < -0.39 is 29.7 Å². The highest BCUT2D eigenvalue weighted by atomic mass is 16.6. The van der Waals surface area contributed by atoms with Gasteiger partial charge in [-0.15, -0.1) is 0 Å². The third-order valence-electron chi connectivity index (χ3n) is 9.81. The molecule has 1 unspecified atom stereocenters. The Labute approximate surface area is 328 Å². The van der Waals surface area contributed by atoms with Crippen LogP contribution in [0.15, 0.2) is 18.2 Å². The van der Waals surface area contributed by atoms with Crippen molar-refractivity contribution >= 4 is 35.2 Å². The molecule has 55 heavy (non-hydrogen) atoms. The first-order valence-electron chi connectivity index (χ1n) is 21.0. The van der Waals surface area contributed by atoms with Gasteiger partial charge >= 0.3 is 0 Å². The number of nitrogens with zero attached hydrogens (tertiary/aromatic N) is 1. The molecule has 1 aromatic carbocycles. The number of piperidine rings is 1. The van der Waals surface area contributed by atoms with Crippen LogP contribution in [0.5, 0.6) is 0 Å². The number of amides is 5. The average molecular weight is 774 g/mol. The zero-order valence-electron chi connectivity index (χ0n) is 33.3. The number of carbonyl (C=O) groups excluding carboxylic acids is 5. The van der Waals surface area contributed by atoms with E-state index in [4.69, 9.17) is 23.7 Å². The third kappa shape index (κ3) is 18.5. The van der Waals surface area contributed by atoms with Crippen molar-refractivity contribution < 1.29 is 47.7 Å². The molecule has 3 rings (SSSR count). The third-order valence-corrected chi connectivity index (χ3v) is 9.81. The number of unbranched alkanes of at least 4 members (excludes halogenated alkanes) is 14. The average Bonchev–Trinajstić information content (AvgIpc) is 3.43. The number of anilines is 1. The summed E-state index contributed by atoms with van der Waals surface area (Å²) in [5.74, 6) is -2.66. The van der Waals surface area contributed by atoms with Crippen LogP contribution in [-0.4, -0.2) is 107 Å². The number of nitrogens with one attached hydrogen (secondary N) is 2. The maximum atomic E-state index is 13.2. The van der Waals surface area contributed by atoms with Gasteiger partial charge < -0.3 is 29.0 Å². The smallest absolute Gasteiger partial charge is 0.264 e. The molecule has 2 heterocycles. The summed E-state index contributed by atoms with van der Waals surface area (Å²) in [5.41, 5.74) is 0.416. The van der Waals surface area contributed by atoms with Gasteiger partial charge in [0.25, 0.3) is 11.8 Å². The monoisotopic (exact) mass is 773 g/mol. The lowest BCUT2D eigenvalue weighted by Gasteiger charge is -2.27. The Morgan fingerprint density at radius 1 is 0.636 bits per heavy atom. The fraction of sp³-hybridized carbons (Fsp3) is 0.738. The maximum Gasteiger partial charge on any atom is 0.264 e. The summed E-state index contributed by atoms with van der Waals surface area (Å²) in [6.45, 7) is 7.82. The zero-order valence-corrected chi connectivity index (χ0v) is 33.3. The molecule has 13 nitrogen and oxygen atoms in total. The summed E-state index contributed by atoms with van der Waals surface area (Å²) in [6, 6.07) is 3.57. The molecular formula is C42H67N3O10. The van der Waals surface area contributed by atoms with Gasteiger partial charge in [0.2, 0.25) is 17.7 Å². The van der Waals surface area contributed by atoms with Gasteiger partial charge in [0.15, 0.2) is 0 Å². The van der Waals surface area contributed by atoms with Crippen LogP contribution in [0.1, 0.15) is 150 Å². The number of hydrogen-bond donors (Lipinski definition) is 2. The predicted octanol–water partition coefficient (Wildman–Crippen LogP) is 6.76. The molecule has 1 fully saturated rings. The van der Waals surface area contributed by atoms with E-state index in [2.05, 4.69) is 17.6 Å². The van der Waals surface area contributed by atoms with E-state index in [-0.39, 0.29) is 42.0 Å². The number of benzene rings is 1. The normalized spacial score (nSPS) is 15.5. The number of fused-ring (bicyclic) bond motifs is 1. The number of hydrogen-bond acceptors (Lipinski definition) is 10. The van der Waals surface area contributed by atoms with Crippen molar-refractivity contribution in [2.75, 3.05) is 71.4 Å². The van der Waals surface area contributed by atoms with Crippen LogP contribution in [0.4, 0.5) is 5.69 Å². The molecule has 0 saturated carbocycles. The van der Waals surface area contributed by atoms with E-state index >= 15 is 0 Å². The molecule has 13 heteroatoms.